The molecule has 0 aromatic carbocycles. The van der Waals surface area contributed by atoms with Crippen LogP contribution in [0.2, 0.25) is 0 Å². The zero-order chi connectivity index (χ0) is 13.6. The van der Waals surface area contributed by atoms with Crippen LogP contribution in [0, 0.1) is 29.6 Å². The lowest BCUT2D eigenvalue weighted by atomic mass is 10.0. The highest BCUT2D eigenvalue weighted by molar-refractivity contribution is 5.75. The molecule has 0 spiro atoms. The van der Waals surface area contributed by atoms with Gasteiger partial charge in [-0.1, -0.05) is 13.8 Å². The van der Waals surface area contributed by atoms with E-state index >= 15 is 0 Å². The molecular formula is C15H26N2O2. The van der Waals surface area contributed by atoms with Crippen LogP contribution in [0.25, 0.3) is 0 Å². The van der Waals surface area contributed by atoms with Crippen LogP contribution in [-0.2, 0) is 0 Å². The summed E-state index contributed by atoms with van der Waals surface area (Å²) in [6, 6.07) is 0.221. The number of aliphatic hydroxyl groups excluding tert-OH is 1. The van der Waals surface area contributed by atoms with Gasteiger partial charge in [-0.25, -0.2) is 4.79 Å². The molecular weight excluding hydrogens is 240 g/mol. The first-order valence-electron chi connectivity index (χ1n) is 7.78. The van der Waals surface area contributed by atoms with E-state index < -0.39 is 0 Å². The van der Waals surface area contributed by atoms with Crippen LogP contribution < -0.4 is 10.6 Å². The molecule has 0 saturated heterocycles. The highest BCUT2D eigenvalue weighted by atomic mass is 16.3. The number of carbonyl (C=O) groups excluding carboxylic acids is 1. The lowest BCUT2D eigenvalue weighted by Crippen LogP contribution is -2.46. The SMILES string of the molecule is CC(C)CC(CO)NC(=O)NC1C2C3CCC(C3)C12. The molecule has 4 heteroatoms. The normalized spacial score (nSPS) is 40.1. The Morgan fingerprint density at radius 2 is 1.89 bits per heavy atom. The van der Waals surface area contributed by atoms with Gasteiger partial charge in [0.05, 0.1) is 12.6 Å². The van der Waals surface area contributed by atoms with E-state index in [1.807, 2.05) is 0 Å². The van der Waals surface area contributed by atoms with Gasteiger partial charge in [0.15, 0.2) is 0 Å². The van der Waals surface area contributed by atoms with Gasteiger partial charge in [0.25, 0.3) is 0 Å². The minimum absolute atomic E-state index is 0.0222. The van der Waals surface area contributed by atoms with Gasteiger partial charge in [-0.2, -0.15) is 0 Å². The molecule has 4 nitrogen and oxygen atoms in total. The van der Waals surface area contributed by atoms with Gasteiger partial charge in [-0.3, -0.25) is 0 Å². The van der Waals surface area contributed by atoms with Crippen molar-refractivity contribution in [3.63, 3.8) is 0 Å². The zero-order valence-electron chi connectivity index (χ0n) is 11.9. The first-order valence-corrected chi connectivity index (χ1v) is 7.78. The molecule has 3 N–H and O–H groups in total. The fraction of sp³-hybridized carbons (Fsp3) is 0.933. The second-order valence-corrected chi connectivity index (χ2v) is 7.14. The van der Waals surface area contributed by atoms with Crippen molar-refractivity contribution < 1.29 is 9.90 Å². The first kappa shape index (κ1) is 13.2. The largest absolute Gasteiger partial charge is 0.394 e. The van der Waals surface area contributed by atoms with Gasteiger partial charge in [0.2, 0.25) is 0 Å². The molecule has 0 radical (unpaired) electrons. The molecule has 3 rings (SSSR count). The molecule has 2 amide bonds. The zero-order valence-corrected chi connectivity index (χ0v) is 11.9. The van der Waals surface area contributed by atoms with Gasteiger partial charge in [-0.05, 0) is 55.3 Å². The lowest BCUT2D eigenvalue weighted by Gasteiger charge is -2.19. The Bertz CT molecular complexity index is 342. The van der Waals surface area contributed by atoms with Crippen LogP contribution in [0.1, 0.15) is 39.5 Å². The smallest absolute Gasteiger partial charge is 0.315 e. The van der Waals surface area contributed by atoms with E-state index in [4.69, 9.17) is 0 Å². The second kappa shape index (κ2) is 4.97. The van der Waals surface area contributed by atoms with Crippen molar-refractivity contribution in [1.29, 1.82) is 0 Å². The fourth-order valence-electron chi connectivity index (χ4n) is 4.65. The van der Waals surface area contributed by atoms with Crippen LogP contribution in [0.15, 0.2) is 0 Å². The Balaban J connectivity index is 1.45. The van der Waals surface area contributed by atoms with Crippen LogP contribution in [0.3, 0.4) is 0 Å². The number of nitrogens with one attached hydrogen (secondary N) is 2. The predicted octanol–water partition coefficient (Wildman–Crippen LogP) is 1.74. The Kier molecular flexibility index (Phi) is 3.46. The molecule has 2 bridgehead atoms. The molecule has 0 aromatic heterocycles. The standard InChI is InChI=1S/C15H26N2O2/c1-8(2)5-11(7-18)16-15(19)17-14-12-9-3-4-10(6-9)13(12)14/h8-14,18H,3-7H2,1-2H3,(H2,16,17,19). The van der Waals surface area contributed by atoms with E-state index in [-0.39, 0.29) is 18.7 Å². The Hall–Kier alpha value is -0.770. The molecule has 3 saturated carbocycles. The van der Waals surface area contributed by atoms with E-state index in [1.54, 1.807) is 0 Å². The van der Waals surface area contributed by atoms with E-state index in [2.05, 4.69) is 24.5 Å². The average Bonchev–Trinajstić information content (AvgIpc) is 2.75. The van der Waals surface area contributed by atoms with Gasteiger partial charge >= 0.3 is 6.03 Å². The Labute approximate surface area is 115 Å². The number of carbonyl (C=O) groups is 1. The van der Waals surface area contributed by atoms with E-state index in [0.717, 1.165) is 30.1 Å². The summed E-state index contributed by atoms with van der Waals surface area (Å²) in [6.07, 6.45) is 4.98. The van der Waals surface area contributed by atoms with Crippen molar-refractivity contribution in [2.45, 2.75) is 51.6 Å². The number of urea groups is 1. The van der Waals surface area contributed by atoms with Crippen molar-refractivity contribution in [3.05, 3.63) is 0 Å². The summed E-state index contributed by atoms with van der Waals surface area (Å²) < 4.78 is 0. The summed E-state index contributed by atoms with van der Waals surface area (Å²) in [5.41, 5.74) is 0. The van der Waals surface area contributed by atoms with Gasteiger partial charge in [0, 0.05) is 6.04 Å². The fourth-order valence-corrected chi connectivity index (χ4v) is 4.65. The number of fused-ring (bicyclic) bond motifs is 5. The molecule has 3 aliphatic carbocycles. The van der Waals surface area contributed by atoms with Crippen molar-refractivity contribution >= 4 is 6.03 Å². The lowest BCUT2D eigenvalue weighted by molar-refractivity contribution is 0.205. The van der Waals surface area contributed by atoms with Crippen molar-refractivity contribution in [3.8, 4) is 0 Å². The molecule has 0 aromatic rings. The highest BCUT2D eigenvalue weighted by Gasteiger charge is 2.65. The highest BCUT2D eigenvalue weighted by Crippen LogP contribution is 2.65. The molecule has 5 unspecified atom stereocenters. The minimum Gasteiger partial charge on any atom is -0.394 e. The third kappa shape index (κ3) is 2.47. The van der Waals surface area contributed by atoms with Gasteiger partial charge in [0.1, 0.15) is 0 Å². The summed E-state index contributed by atoms with van der Waals surface area (Å²) in [5, 5.41) is 15.3. The predicted molar refractivity (Wildman–Crippen MR) is 73.6 cm³/mol. The maximum Gasteiger partial charge on any atom is 0.315 e. The monoisotopic (exact) mass is 266 g/mol. The Morgan fingerprint density at radius 1 is 1.26 bits per heavy atom. The number of aliphatic hydroxyl groups is 1. The van der Waals surface area contributed by atoms with Crippen LogP contribution >= 0.6 is 0 Å². The number of hydrogen-bond donors (Lipinski definition) is 3. The van der Waals surface area contributed by atoms with Crippen molar-refractivity contribution in [1.82, 2.24) is 10.6 Å². The molecule has 0 aliphatic heterocycles. The van der Waals surface area contributed by atoms with E-state index in [9.17, 15) is 9.90 Å². The molecule has 19 heavy (non-hydrogen) atoms. The minimum atomic E-state index is -0.115. The summed E-state index contributed by atoms with van der Waals surface area (Å²) in [5.74, 6) is 3.77. The van der Waals surface area contributed by atoms with E-state index in [1.165, 1.54) is 19.3 Å². The van der Waals surface area contributed by atoms with Crippen molar-refractivity contribution in [2.24, 2.45) is 29.6 Å². The van der Waals surface area contributed by atoms with Crippen LogP contribution in [0.4, 0.5) is 4.79 Å². The summed E-state index contributed by atoms with van der Waals surface area (Å²) >= 11 is 0. The third-order valence-corrected chi connectivity index (χ3v) is 5.34. The molecule has 3 fully saturated rings. The van der Waals surface area contributed by atoms with Crippen LogP contribution in [0.5, 0.6) is 0 Å². The summed E-state index contributed by atoms with van der Waals surface area (Å²) in [4.78, 5) is 12.0. The summed E-state index contributed by atoms with van der Waals surface area (Å²) in [6.45, 7) is 4.23. The molecule has 0 heterocycles. The maximum atomic E-state index is 12.0. The quantitative estimate of drug-likeness (QED) is 0.710. The number of hydrogen-bond acceptors (Lipinski definition) is 2. The summed E-state index contributed by atoms with van der Waals surface area (Å²) in [7, 11) is 0. The van der Waals surface area contributed by atoms with Crippen LogP contribution in [-0.4, -0.2) is 29.8 Å². The maximum absolute atomic E-state index is 12.0. The molecule has 5 atom stereocenters. The third-order valence-electron chi connectivity index (χ3n) is 5.34. The van der Waals surface area contributed by atoms with E-state index in [0.29, 0.717) is 12.0 Å². The van der Waals surface area contributed by atoms with Crippen molar-refractivity contribution in [2.75, 3.05) is 6.61 Å². The Morgan fingerprint density at radius 3 is 2.42 bits per heavy atom. The molecule has 3 aliphatic rings. The van der Waals surface area contributed by atoms with Gasteiger partial charge < -0.3 is 15.7 Å². The number of amides is 2. The second-order valence-electron chi connectivity index (χ2n) is 7.14. The van der Waals surface area contributed by atoms with Gasteiger partial charge in [-0.15, -0.1) is 0 Å². The number of rotatable bonds is 5. The average molecular weight is 266 g/mol. The first-order chi connectivity index (χ1) is 9.10. The molecule has 108 valence electrons. The topological polar surface area (TPSA) is 61.4 Å².